The van der Waals surface area contributed by atoms with Crippen molar-refractivity contribution in [1.29, 1.82) is 0 Å². The van der Waals surface area contributed by atoms with Crippen LogP contribution in [0.1, 0.15) is 10.4 Å². The zero-order valence-corrected chi connectivity index (χ0v) is 15.0. The topological polar surface area (TPSA) is 56.1 Å². The van der Waals surface area contributed by atoms with Gasteiger partial charge in [0.15, 0.2) is 0 Å². The molecule has 24 heavy (non-hydrogen) atoms. The number of benzene rings is 1. The normalized spacial score (nSPS) is 10.5. The second-order valence-corrected chi connectivity index (χ2v) is 6.23. The highest BCUT2D eigenvalue weighted by atomic mass is 79.9. The first kappa shape index (κ1) is 16.5. The van der Waals surface area contributed by atoms with E-state index in [0.29, 0.717) is 22.2 Å². The number of halogens is 2. The van der Waals surface area contributed by atoms with Crippen molar-refractivity contribution >= 4 is 39.3 Å². The summed E-state index contributed by atoms with van der Waals surface area (Å²) in [6.07, 6.45) is 5.34. The molecule has 0 aliphatic heterocycles. The summed E-state index contributed by atoms with van der Waals surface area (Å²) in [7, 11) is 1.51. The maximum atomic E-state index is 12.5. The van der Waals surface area contributed by atoms with Crippen LogP contribution in [0.4, 0.5) is 5.82 Å². The van der Waals surface area contributed by atoms with Crippen LogP contribution in [0.15, 0.2) is 59.5 Å². The third-order valence-electron chi connectivity index (χ3n) is 3.37. The van der Waals surface area contributed by atoms with Crippen molar-refractivity contribution in [3.63, 3.8) is 0 Å². The Morgan fingerprint density at radius 2 is 2.04 bits per heavy atom. The van der Waals surface area contributed by atoms with Gasteiger partial charge in [-0.3, -0.25) is 4.79 Å². The third kappa shape index (κ3) is 3.44. The number of nitrogens with one attached hydrogen (secondary N) is 1. The van der Waals surface area contributed by atoms with Gasteiger partial charge in [0.2, 0.25) is 0 Å². The fourth-order valence-electron chi connectivity index (χ4n) is 2.22. The van der Waals surface area contributed by atoms with Crippen molar-refractivity contribution in [2.45, 2.75) is 0 Å². The Morgan fingerprint density at radius 1 is 1.29 bits per heavy atom. The molecule has 122 valence electrons. The Labute approximate surface area is 152 Å². The summed E-state index contributed by atoms with van der Waals surface area (Å²) in [4.78, 5) is 16.6. The largest absolute Gasteiger partial charge is 0.496 e. The van der Waals surface area contributed by atoms with Crippen LogP contribution in [0.2, 0.25) is 5.02 Å². The number of amides is 1. The molecule has 5 nitrogen and oxygen atoms in total. The second kappa shape index (κ2) is 7.07. The highest BCUT2D eigenvalue weighted by molar-refractivity contribution is 9.10. The summed E-state index contributed by atoms with van der Waals surface area (Å²) in [5.41, 5.74) is 1.07. The van der Waals surface area contributed by atoms with E-state index in [4.69, 9.17) is 16.3 Å². The lowest BCUT2D eigenvalue weighted by molar-refractivity contribution is 0.102. The van der Waals surface area contributed by atoms with E-state index in [2.05, 4.69) is 26.2 Å². The van der Waals surface area contributed by atoms with Crippen LogP contribution >= 0.6 is 27.5 Å². The first-order chi connectivity index (χ1) is 11.6. The molecular weight excluding hydrogens is 394 g/mol. The van der Waals surface area contributed by atoms with Crippen LogP contribution in [0, 0.1) is 0 Å². The molecule has 0 spiro atoms. The first-order valence-corrected chi connectivity index (χ1v) is 8.19. The minimum Gasteiger partial charge on any atom is -0.496 e. The SMILES string of the molecule is COc1cc(-n2cccc2)c(Cl)cc1C(=O)Nc1ccc(Br)cn1. The lowest BCUT2D eigenvalue weighted by Gasteiger charge is -2.13. The van der Waals surface area contributed by atoms with Crippen LogP contribution in [-0.2, 0) is 0 Å². The number of rotatable bonds is 4. The van der Waals surface area contributed by atoms with E-state index < -0.39 is 0 Å². The van der Waals surface area contributed by atoms with Gasteiger partial charge in [-0.25, -0.2) is 4.98 Å². The van der Waals surface area contributed by atoms with Gasteiger partial charge in [0, 0.05) is 29.1 Å². The molecule has 0 radical (unpaired) electrons. The van der Waals surface area contributed by atoms with Crippen LogP contribution in [0.25, 0.3) is 5.69 Å². The number of aromatic nitrogens is 2. The van der Waals surface area contributed by atoms with Gasteiger partial charge in [-0.05, 0) is 46.3 Å². The molecule has 7 heteroatoms. The van der Waals surface area contributed by atoms with Gasteiger partial charge in [0.1, 0.15) is 11.6 Å². The molecule has 1 aromatic carbocycles. The van der Waals surface area contributed by atoms with Crippen LogP contribution in [0.3, 0.4) is 0 Å². The summed E-state index contributed by atoms with van der Waals surface area (Å²) in [6.45, 7) is 0. The van der Waals surface area contributed by atoms with E-state index in [1.165, 1.54) is 7.11 Å². The number of carbonyl (C=O) groups is 1. The maximum absolute atomic E-state index is 12.5. The molecule has 2 heterocycles. The van der Waals surface area contributed by atoms with Crippen molar-refractivity contribution in [1.82, 2.24) is 9.55 Å². The molecule has 1 amide bonds. The summed E-state index contributed by atoms with van der Waals surface area (Å²) in [6, 6.07) is 10.6. The summed E-state index contributed by atoms with van der Waals surface area (Å²) < 4.78 is 8.04. The Balaban J connectivity index is 1.93. The zero-order chi connectivity index (χ0) is 17.1. The number of hydrogen-bond acceptors (Lipinski definition) is 3. The zero-order valence-electron chi connectivity index (χ0n) is 12.7. The summed E-state index contributed by atoms with van der Waals surface area (Å²) >= 11 is 9.64. The standard InChI is InChI=1S/C17H13BrClN3O2/c1-24-15-9-14(22-6-2-3-7-22)13(19)8-12(15)17(23)21-16-5-4-11(18)10-20-16/h2-10H,1H3,(H,20,21,23). The Hall–Kier alpha value is -2.31. The maximum Gasteiger partial charge on any atom is 0.260 e. The Bertz CT molecular complexity index is 864. The average Bonchev–Trinajstić information content (AvgIpc) is 3.11. The number of anilines is 1. The average molecular weight is 407 g/mol. The molecule has 0 atom stereocenters. The van der Waals surface area contributed by atoms with Crippen molar-refractivity contribution in [2.24, 2.45) is 0 Å². The van der Waals surface area contributed by atoms with E-state index in [0.717, 1.165) is 10.2 Å². The summed E-state index contributed by atoms with van der Waals surface area (Å²) in [5.74, 6) is 0.524. The molecule has 3 aromatic rings. The van der Waals surface area contributed by atoms with Crippen molar-refractivity contribution in [3.8, 4) is 11.4 Å². The molecule has 0 unspecified atom stereocenters. The number of methoxy groups -OCH3 is 1. The molecular formula is C17H13BrClN3O2. The van der Waals surface area contributed by atoms with Gasteiger partial charge in [-0.2, -0.15) is 0 Å². The van der Waals surface area contributed by atoms with E-state index in [9.17, 15) is 4.79 Å². The van der Waals surface area contributed by atoms with Crippen LogP contribution in [-0.4, -0.2) is 22.6 Å². The van der Waals surface area contributed by atoms with Gasteiger partial charge < -0.3 is 14.6 Å². The van der Waals surface area contributed by atoms with Gasteiger partial charge in [-0.15, -0.1) is 0 Å². The Morgan fingerprint density at radius 3 is 2.67 bits per heavy atom. The number of ether oxygens (including phenoxy) is 1. The molecule has 0 bridgehead atoms. The minimum atomic E-state index is -0.345. The number of hydrogen-bond donors (Lipinski definition) is 1. The van der Waals surface area contributed by atoms with Crippen molar-refractivity contribution < 1.29 is 9.53 Å². The highest BCUT2D eigenvalue weighted by Gasteiger charge is 2.17. The molecule has 0 aliphatic rings. The van der Waals surface area contributed by atoms with Gasteiger partial charge in [-0.1, -0.05) is 11.6 Å². The van der Waals surface area contributed by atoms with E-state index in [-0.39, 0.29) is 5.91 Å². The van der Waals surface area contributed by atoms with Crippen LogP contribution < -0.4 is 10.1 Å². The van der Waals surface area contributed by atoms with Gasteiger partial charge >= 0.3 is 0 Å². The smallest absolute Gasteiger partial charge is 0.260 e. The van der Waals surface area contributed by atoms with Gasteiger partial charge in [0.05, 0.1) is 23.4 Å². The Kier molecular flexibility index (Phi) is 4.87. The second-order valence-electron chi connectivity index (χ2n) is 4.91. The quantitative estimate of drug-likeness (QED) is 0.691. The number of pyridine rings is 1. The lowest BCUT2D eigenvalue weighted by atomic mass is 10.1. The predicted octanol–water partition coefficient (Wildman–Crippen LogP) is 4.55. The molecule has 0 saturated carbocycles. The first-order valence-electron chi connectivity index (χ1n) is 7.02. The predicted molar refractivity (Wildman–Crippen MR) is 97.2 cm³/mol. The minimum absolute atomic E-state index is 0.336. The number of nitrogens with zero attached hydrogens (tertiary/aromatic N) is 2. The fraction of sp³-hybridized carbons (Fsp3) is 0.0588. The fourth-order valence-corrected chi connectivity index (χ4v) is 2.71. The monoisotopic (exact) mass is 405 g/mol. The molecule has 0 fully saturated rings. The lowest BCUT2D eigenvalue weighted by Crippen LogP contribution is -2.14. The molecule has 1 N–H and O–H groups in total. The van der Waals surface area contributed by atoms with Crippen molar-refractivity contribution in [3.05, 3.63) is 70.0 Å². The van der Waals surface area contributed by atoms with Gasteiger partial charge in [0.25, 0.3) is 5.91 Å². The molecule has 2 aromatic heterocycles. The molecule has 0 saturated heterocycles. The van der Waals surface area contributed by atoms with E-state index in [1.807, 2.05) is 29.1 Å². The molecule has 0 aliphatic carbocycles. The van der Waals surface area contributed by atoms with E-state index >= 15 is 0 Å². The third-order valence-corrected chi connectivity index (χ3v) is 4.14. The van der Waals surface area contributed by atoms with Crippen LogP contribution in [0.5, 0.6) is 5.75 Å². The number of carbonyl (C=O) groups excluding carboxylic acids is 1. The van der Waals surface area contributed by atoms with E-state index in [1.54, 1.807) is 30.5 Å². The highest BCUT2D eigenvalue weighted by Crippen LogP contribution is 2.30. The molecule has 3 rings (SSSR count). The van der Waals surface area contributed by atoms with Crippen molar-refractivity contribution in [2.75, 3.05) is 12.4 Å². The summed E-state index contributed by atoms with van der Waals surface area (Å²) in [5, 5.41) is 3.17.